The van der Waals surface area contributed by atoms with E-state index in [0.717, 1.165) is 0 Å². The van der Waals surface area contributed by atoms with Crippen molar-refractivity contribution in [2.24, 2.45) is 5.73 Å². The van der Waals surface area contributed by atoms with Crippen LogP contribution in [0, 0.1) is 0 Å². The number of alkyl carbamates (subject to hydrolysis) is 1. The predicted molar refractivity (Wildman–Crippen MR) is 81.7 cm³/mol. The van der Waals surface area contributed by atoms with Crippen LogP contribution in [-0.4, -0.2) is 32.2 Å². The van der Waals surface area contributed by atoms with Gasteiger partial charge in [0.25, 0.3) is 0 Å². The normalized spacial score (nSPS) is 13.0. The molecule has 0 fully saturated rings. The molecule has 0 saturated heterocycles. The molecular formula is C14H20N2O6S. The van der Waals surface area contributed by atoms with E-state index in [4.69, 9.17) is 10.5 Å². The maximum absolute atomic E-state index is 11.8. The number of benzene rings is 1. The van der Waals surface area contributed by atoms with E-state index in [1.807, 2.05) is 0 Å². The molecule has 0 aromatic heterocycles. The molecule has 0 bridgehead atoms. The Kier molecular flexibility index (Phi) is 6.11. The molecule has 0 heterocycles. The number of carbonyl (C=O) groups is 2. The Labute approximate surface area is 135 Å². The molecule has 1 aromatic rings. The van der Waals surface area contributed by atoms with Crippen LogP contribution in [0.25, 0.3) is 0 Å². The van der Waals surface area contributed by atoms with Crippen molar-refractivity contribution in [3.8, 4) is 0 Å². The Morgan fingerprint density at radius 2 is 1.78 bits per heavy atom. The van der Waals surface area contributed by atoms with Crippen LogP contribution in [0.4, 0.5) is 4.79 Å². The molecule has 128 valence electrons. The fraction of sp³-hybridized carbons (Fsp3) is 0.429. The molecule has 23 heavy (non-hydrogen) atoms. The van der Waals surface area contributed by atoms with Crippen LogP contribution in [0.3, 0.4) is 0 Å². The molecule has 0 aliphatic heterocycles. The third-order valence-corrected chi connectivity index (χ3v) is 3.58. The van der Waals surface area contributed by atoms with Gasteiger partial charge in [0.05, 0.1) is 12.6 Å². The summed E-state index contributed by atoms with van der Waals surface area (Å²) in [5, 5.41) is 2.21. The molecule has 0 spiro atoms. The number of nitrogens with one attached hydrogen (secondary N) is 1. The summed E-state index contributed by atoms with van der Waals surface area (Å²) < 4.78 is 33.1. The summed E-state index contributed by atoms with van der Waals surface area (Å²) in [5.74, 6) is -1.09. The fourth-order valence-electron chi connectivity index (χ4n) is 1.48. The van der Waals surface area contributed by atoms with Gasteiger partial charge >= 0.3 is 22.2 Å². The second-order valence-electron chi connectivity index (χ2n) is 5.68. The predicted octanol–water partition coefficient (Wildman–Crippen LogP) is 1.12. The third-order valence-electron chi connectivity index (χ3n) is 2.32. The molecule has 1 aromatic carbocycles. The maximum atomic E-state index is 11.8. The molecule has 0 aliphatic carbocycles. The van der Waals surface area contributed by atoms with Gasteiger partial charge in [0.15, 0.2) is 0 Å². The van der Waals surface area contributed by atoms with Crippen molar-refractivity contribution in [3.05, 3.63) is 30.3 Å². The van der Waals surface area contributed by atoms with Crippen LogP contribution < -0.4 is 11.1 Å². The molecule has 8 nitrogen and oxygen atoms in total. The molecule has 1 amide bonds. The molecule has 0 saturated carbocycles. The van der Waals surface area contributed by atoms with E-state index in [1.54, 1.807) is 26.8 Å². The van der Waals surface area contributed by atoms with E-state index in [9.17, 15) is 18.0 Å². The smallest absolute Gasteiger partial charge is 0.408 e. The SMILES string of the molecule is CC(C)(C)OC(=O)NC(N)CC(=O)OS(=O)(=O)c1ccccc1. The van der Waals surface area contributed by atoms with Crippen LogP contribution in [0.5, 0.6) is 0 Å². The van der Waals surface area contributed by atoms with Gasteiger partial charge in [-0.1, -0.05) is 18.2 Å². The van der Waals surface area contributed by atoms with E-state index in [-0.39, 0.29) is 4.90 Å². The van der Waals surface area contributed by atoms with Crippen molar-refractivity contribution >= 4 is 22.2 Å². The van der Waals surface area contributed by atoms with Gasteiger partial charge in [-0.3, -0.25) is 4.79 Å². The lowest BCUT2D eigenvalue weighted by molar-refractivity contribution is -0.134. The number of nitrogens with two attached hydrogens (primary N) is 1. The van der Waals surface area contributed by atoms with Gasteiger partial charge < -0.3 is 20.0 Å². The van der Waals surface area contributed by atoms with Gasteiger partial charge in [0, 0.05) is 0 Å². The summed E-state index contributed by atoms with van der Waals surface area (Å²) in [6, 6.07) is 7.21. The van der Waals surface area contributed by atoms with Gasteiger partial charge in [0.1, 0.15) is 10.5 Å². The van der Waals surface area contributed by atoms with Crippen molar-refractivity contribution in [3.63, 3.8) is 0 Å². The molecule has 3 N–H and O–H groups in total. The number of amides is 1. The summed E-state index contributed by atoms with van der Waals surface area (Å²) in [6.45, 7) is 5.00. The maximum Gasteiger partial charge on any atom is 0.408 e. The summed E-state index contributed by atoms with van der Waals surface area (Å²) in [4.78, 5) is 23.0. The molecule has 1 rings (SSSR count). The molecule has 1 unspecified atom stereocenters. The number of hydrogen-bond donors (Lipinski definition) is 2. The topological polar surface area (TPSA) is 125 Å². The van der Waals surface area contributed by atoms with Crippen molar-refractivity contribution in [2.75, 3.05) is 0 Å². The second kappa shape index (κ2) is 7.42. The highest BCUT2D eigenvalue weighted by Crippen LogP contribution is 2.12. The second-order valence-corrected chi connectivity index (χ2v) is 7.23. The molecule has 0 aliphatic rings. The van der Waals surface area contributed by atoms with Crippen LogP contribution in [0.1, 0.15) is 27.2 Å². The summed E-state index contributed by atoms with van der Waals surface area (Å²) >= 11 is 0. The van der Waals surface area contributed by atoms with E-state index in [1.165, 1.54) is 24.3 Å². The zero-order valence-electron chi connectivity index (χ0n) is 13.1. The Balaban J connectivity index is 2.55. The lowest BCUT2D eigenvalue weighted by Gasteiger charge is -2.21. The third kappa shape index (κ3) is 7.11. The van der Waals surface area contributed by atoms with E-state index < -0.39 is 40.4 Å². The van der Waals surface area contributed by atoms with Crippen LogP contribution in [-0.2, 0) is 23.8 Å². The molecular weight excluding hydrogens is 324 g/mol. The summed E-state index contributed by atoms with van der Waals surface area (Å²) in [5.41, 5.74) is 4.82. The standard InChI is InChI=1S/C14H20N2O6S/c1-14(2,3)21-13(18)16-11(15)9-12(17)22-23(19,20)10-7-5-4-6-8-10/h4-8,11H,9,15H2,1-3H3,(H,16,18). The summed E-state index contributed by atoms with van der Waals surface area (Å²) in [6.07, 6.45) is -2.47. The van der Waals surface area contributed by atoms with Crippen molar-refractivity contribution in [2.45, 2.75) is 43.9 Å². The Bertz CT molecular complexity index is 652. The minimum absolute atomic E-state index is 0.151. The number of ether oxygens (including phenoxy) is 1. The Morgan fingerprint density at radius 3 is 2.30 bits per heavy atom. The van der Waals surface area contributed by atoms with Crippen LogP contribution in [0.2, 0.25) is 0 Å². The minimum Gasteiger partial charge on any atom is -0.444 e. The highest BCUT2D eigenvalue weighted by molar-refractivity contribution is 7.87. The van der Waals surface area contributed by atoms with Crippen molar-refractivity contribution < 1.29 is 26.9 Å². The molecule has 1 atom stereocenters. The number of rotatable bonds is 5. The number of carbonyl (C=O) groups excluding carboxylic acids is 2. The van der Waals surface area contributed by atoms with Gasteiger partial charge in [-0.25, -0.2) is 4.79 Å². The minimum atomic E-state index is -4.21. The van der Waals surface area contributed by atoms with E-state index in [0.29, 0.717) is 0 Å². The monoisotopic (exact) mass is 344 g/mol. The zero-order chi connectivity index (χ0) is 17.7. The van der Waals surface area contributed by atoms with Crippen molar-refractivity contribution in [1.82, 2.24) is 5.32 Å². The highest BCUT2D eigenvalue weighted by atomic mass is 32.2. The highest BCUT2D eigenvalue weighted by Gasteiger charge is 2.23. The first-order chi connectivity index (χ1) is 10.5. The largest absolute Gasteiger partial charge is 0.444 e. The Hall–Kier alpha value is -2.13. The van der Waals surface area contributed by atoms with Gasteiger partial charge in [0.2, 0.25) is 0 Å². The van der Waals surface area contributed by atoms with Crippen molar-refractivity contribution in [1.29, 1.82) is 0 Å². The lowest BCUT2D eigenvalue weighted by Crippen LogP contribution is -2.45. The van der Waals surface area contributed by atoms with Gasteiger partial charge in [-0.15, -0.1) is 0 Å². The van der Waals surface area contributed by atoms with E-state index >= 15 is 0 Å². The Morgan fingerprint density at radius 1 is 1.22 bits per heavy atom. The lowest BCUT2D eigenvalue weighted by atomic mass is 10.2. The first-order valence-electron chi connectivity index (χ1n) is 6.77. The first-order valence-corrected chi connectivity index (χ1v) is 8.18. The number of hydrogen-bond acceptors (Lipinski definition) is 7. The zero-order valence-corrected chi connectivity index (χ0v) is 13.9. The molecule has 0 radical (unpaired) electrons. The summed E-state index contributed by atoms with van der Waals surface area (Å²) in [7, 11) is -4.21. The average molecular weight is 344 g/mol. The fourth-order valence-corrected chi connectivity index (χ4v) is 2.38. The quantitative estimate of drug-likeness (QED) is 0.605. The van der Waals surface area contributed by atoms with Gasteiger partial charge in [-0.2, -0.15) is 8.42 Å². The van der Waals surface area contributed by atoms with E-state index in [2.05, 4.69) is 9.50 Å². The van der Waals surface area contributed by atoms with Crippen LogP contribution >= 0.6 is 0 Å². The first kappa shape index (κ1) is 18.9. The molecule has 9 heteroatoms. The van der Waals surface area contributed by atoms with Gasteiger partial charge in [-0.05, 0) is 32.9 Å². The average Bonchev–Trinajstić information content (AvgIpc) is 2.36. The van der Waals surface area contributed by atoms with Crippen LogP contribution in [0.15, 0.2) is 35.2 Å².